The van der Waals surface area contributed by atoms with Gasteiger partial charge in [-0.25, -0.2) is 0 Å². The molecule has 1 aromatic rings. The molecule has 0 fully saturated rings. The molecule has 0 saturated heterocycles. The zero-order valence-corrected chi connectivity index (χ0v) is 10.4. The van der Waals surface area contributed by atoms with Crippen LogP contribution in [0.5, 0.6) is 5.75 Å². The maximum atomic E-state index is 11.7. The monoisotopic (exact) mass is 236 g/mol. The lowest BCUT2D eigenvalue weighted by Gasteiger charge is -2.18. The zero-order valence-electron chi connectivity index (χ0n) is 10.4. The van der Waals surface area contributed by atoms with E-state index in [2.05, 4.69) is 5.32 Å². The summed E-state index contributed by atoms with van der Waals surface area (Å²) < 4.78 is 0. The molecule has 0 radical (unpaired) electrons. The van der Waals surface area contributed by atoms with Crippen molar-refractivity contribution in [3.8, 4) is 5.75 Å². The minimum atomic E-state index is 0.119. The number of aromatic hydroxyl groups is 1. The molecule has 4 heteroatoms. The van der Waals surface area contributed by atoms with Gasteiger partial charge < -0.3 is 15.3 Å². The first-order valence-corrected chi connectivity index (χ1v) is 5.93. The molecule has 0 heterocycles. The van der Waals surface area contributed by atoms with Crippen molar-refractivity contribution in [3.05, 3.63) is 29.8 Å². The highest BCUT2D eigenvalue weighted by Gasteiger charge is 2.07. The molecular formula is C13H20N2O2. The largest absolute Gasteiger partial charge is 0.508 e. The van der Waals surface area contributed by atoms with E-state index >= 15 is 0 Å². The third kappa shape index (κ3) is 4.44. The van der Waals surface area contributed by atoms with Crippen molar-refractivity contribution in [2.24, 2.45) is 0 Å². The van der Waals surface area contributed by atoms with Gasteiger partial charge in [0.05, 0.1) is 6.54 Å². The lowest BCUT2D eigenvalue weighted by molar-refractivity contribution is -0.129. The Morgan fingerprint density at radius 3 is 2.35 bits per heavy atom. The van der Waals surface area contributed by atoms with E-state index in [1.165, 1.54) is 0 Å². The van der Waals surface area contributed by atoms with Gasteiger partial charge in [-0.2, -0.15) is 0 Å². The standard InChI is InChI=1S/C13H20N2O2/c1-3-15(4-2)13(17)10-14-9-11-5-7-12(16)8-6-11/h5-8,14,16H,3-4,9-10H2,1-2H3. The van der Waals surface area contributed by atoms with Gasteiger partial charge in [0.1, 0.15) is 5.75 Å². The minimum absolute atomic E-state index is 0.119. The van der Waals surface area contributed by atoms with Crippen molar-refractivity contribution in [2.45, 2.75) is 20.4 Å². The van der Waals surface area contributed by atoms with Gasteiger partial charge in [-0.3, -0.25) is 4.79 Å². The molecule has 4 nitrogen and oxygen atoms in total. The summed E-state index contributed by atoms with van der Waals surface area (Å²) in [6.07, 6.45) is 0. The molecule has 1 aromatic carbocycles. The van der Waals surface area contributed by atoms with E-state index in [1.54, 1.807) is 17.0 Å². The van der Waals surface area contributed by atoms with Crippen molar-refractivity contribution >= 4 is 5.91 Å². The fourth-order valence-electron chi connectivity index (χ4n) is 1.62. The summed E-state index contributed by atoms with van der Waals surface area (Å²) in [5, 5.41) is 12.2. The number of phenols is 1. The molecule has 1 amide bonds. The van der Waals surface area contributed by atoms with Crippen LogP contribution in [-0.2, 0) is 11.3 Å². The van der Waals surface area contributed by atoms with Crippen LogP contribution in [0.3, 0.4) is 0 Å². The second kappa shape index (κ2) is 6.91. The number of hydrogen-bond donors (Lipinski definition) is 2. The number of nitrogens with one attached hydrogen (secondary N) is 1. The molecule has 0 atom stereocenters. The van der Waals surface area contributed by atoms with Crippen LogP contribution in [0.15, 0.2) is 24.3 Å². The Labute approximate surface area is 102 Å². The van der Waals surface area contributed by atoms with Gasteiger partial charge in [-0.15, -0.1) is 0 Å². The number of carbonyl (C=O) groups excluding carboxylic acids is 1. The Balaban J connectivity index is 2.32. The summed E-state index contributed by atoms with van der Waals surface area (Å²) in [5.41, 5.74) is 1.05. The molecule has 17 heavy (non-hydrogen) atoms. The van der Waals surface area contributed by atoms with Crippen molar-refractivity contribution in [2.75, 3.05) is 19.6 Å². The van der Waals surface area contributed by atoms with Gasteiger partial charge in [-0.1, -0.05) is 12.1 Å². The van der Waals surface area contributed by atoms with Crippen LogP contribution in [0.25, 0.3) is 0 Å². The predicted octanol–water partition coefficient (Wildman–Crippen LogP) is 1.35. The number of nitrogens with zero attached hydrogens (tertiary/aromatic N) is 1. The molecule has 0 aliphatic heterocycles. The second-order valence-electron chi connectivity index (χ2n) is 3.84. The van der Waals surface area contributed by atoms with Gasteiger partial charge in [0.25, 0.3) is 0 Å². The summed E-state index contributed by atoms with van der Waals surface area (Å²) in [4.78, 5) is 13.5. The number of carbonyl (C=O) groups is 1. The lowest BCUT2D eigenvalue weighted by atomic mass is 10.2. The molecular weight excluding hydrogens is 216 g/mol. The fourth-order valence-corrected chi connectivity index (χ4v) is 1.62. The first kappa shape index (κ1) is 13.5. The van der Waals surface area contributed by atoms with E-state index in [-0.39, 0.29) is 11.7 Å². The van der Waals surface area contributed by atoms with E-state index in [1.807, 2.05) is 26.0 Å². The Morgan fingerprint density at radius 2 is 1.82 bits per heavy atom. The molecule has 0 bridgehead atoms. The van der Waals surface area contributed by atoms with Crippen LogP contribution in [0.4, 0.5) is 0 Å². The van der Waals surface area contributed by atoms with Crippen LogP contribution in [0.2, 0.25) is 0 Å². The molecule has 2 N–H and O–H groups in total. The number of rotatable bonds is 6. The summed E-state index contributed by atoms with van der Waals surface area (Å²) in [7, 11) is 0. The predicted molar refractivity (Wildman–Crippen MR) is 67.7 cm³/mol. The fraction of sp³-hybridized carbons (Fsp3) is 0.462. The van der Waals surface area contributed by atoms with Crippen molar-refractivity contribution in [3.63, 3.8) is 0 Å². The Morgan fingerprint density at radius 1 is 1.24 bits per heavy atom. The van der Waals surface area contributed by atoms with Crippen LogP contribution < -0.4 is 5.32 Å². The van der Waals surface area contributed by atoms with Crippen molar-refractivity contribution < 1.29 is 9.90 Å². The highest BCUT2D eigenvalue weighted by Crippen LogP contribution is 2.08. The number of hydrogen-bond acceptors (Lipinski definition) is 3. The quantitative estimate of drug-likeness (QED) is 0.784. The highest BCUT2D eigenvalue weighted by atomic mass is 16.3. The topological polar surface area (TPSA) is 52.6 Å². The zero-order chi connectivity index (χ0) is 12.7. The number of likely N-dealkylation sites (N-methyl/N-ethyl adjacent to an activating group) is 1. The van der Waals surface area contributed by atoms with Crippen LogP contribution in [-0.4, -0.2) is 35.5 Å². The van der Waals surface area contributed by atoms with Gasteiger partial charge in [0.2, 0.25) is 5.91 Å². The molecule has 94 valence electrons. The van der Waals surface area contributed by atoms with Gasteiger partial charge in [0.15, 0.2) is 0 Å². The summed E-state index contributed by atoms with van der Waals surface area (Å²) in [6.45, 7) is 6.42. The van der Waals surface area contributed by atoms with E-state index in [4.69, 9.17) is 5.11 Å². The number of phenolic OH excluding ortho intramolecular Hbond substituents is 1. The first-order chi connectivity index (χ1) is 8.17. The molecule has 0 saturated carbocycles. The molecule has 0 aliphatic rings. The van der Waals surface area contributed by atoms with Gasteiger partial charge in [0, 0.05) is 19.6 Å². The average molecular weight is 236 g/mol. The van der Waals surface area contributed by atoms with Crippen molar-refractivity contribution in [1.29, 1.82) is 0 Å². The second-order valence-corrected chi connectivity index (χ2v) is 3.84. The third-order valence-electron chi connectivity index (χ3n) is 2.66. The highest BCUT2D eigenvalue weighted by molar-refractivity contribution is 5.78. The number of benzene rings is 1. The summed E-state index contributed by atoms with van der Waals surface area (Å²) in [5.74, 6) is 0.377. The third-order valence-corrected chi connectivity index (χ3v) is 2.66. The lowest BCUT2D eigenvalue weighted by Crippen LogP contribution is -2.37. The Hall–Kier alpha value is -1.55. The number of amides is 1. The summed E-state index contributed by atoms with van der Waals surface area (Å²) >= 11 is 0. The molecule has 1 rings (SSSR count). The van der Waals surface area contributed by atoms with Crippen LogP contribution in [0, 0.1) is 0 Å². The van der Waals surface area contributed by atoms with Gasteiger partial charge in [-0.05, 0) is 31.5 Å². The normalized spacial score (nSPS) is 10.2. The maximum Gasteiger partial charge on any atom is 0.236 e. The Bertz CT molecular complexity index is 345. The van der Waals surface area contributed by atoms with Crippen molar-refractivity contribution in [1.82, 2.24) is 10.2 Å². The van der Waals surface area contributed by atoms with E-state index in [0.717, 1.165) is 18.7 Å². The van der Waals surface area contributed by atoms with Crippen LogP contribution >= 0.6 is 0 Å². The van der Waals surface area contributed by atoms with E-state index < -0.39 is 0 Å². The summed E-state index contributed by atoms with van der Waals surface area (Å²) in [6, 6.07) is 6.96. The van der Waals surface area contributed by atoms with E-state index in [0.29, 0.717) is 13.1 Å². The minimum Gasteiger partial charge on any atom is -0.508 e. The van der Waals surface area contributed by atoms with Crippen LogP contribution in [0.1, 0.15) is 19.4 Å². The average Bonchev–Trinajstić information content (AvgIpc) is 2.33. The van der Waals surface area contributed by atoms with Gasteiger partial charge >= 0.3 is 0 Å². The smallest absolute Gasteiger partial charge is 0.236 e. The Kier molecular flexibility index (Phi) is 5.49. The SMILES string of the molecule is CCN(CC)C(=O)CNCc1ccc(O)cc1. The molecule has 0 aliphatic carbocycles. The molecule has 0 spiro atoms. The van der Waals surface area contributed by atoms with E-state index in [9.17, 15) is 4.79 Å². The molecule has 0 aromatic heterocycles. The first-order valence-electron chi connectivity index (χ1n) is 5.93. The molecule has 0 unspecified atom stereocenters. The maximum absolute atomic E-state index is 11.7.